The van der Waals surface area contributed by atoms with Gasteiger partial charge in [0.2, 0.25) is 0 Å². The van der Waals surface area contributed by atoms with E-state index in [9.17, 15) is 0 Å². The van der Waals surface area contributed by atoms with Crippen molar-refractivity contribution >= 4 is 29.9 Å². The number of benzene rings is 2. The van der Waals surface area contributed by atoms with Crippen molar-refractivity contribution in [2.45, 2.75) is 40.0 Å². The van der Waals surface area contributed by atoms with Crippen molar-refractivity contribution in [3.05, 3.63) is 70.8 Å². The van der Waals surface area contributed by atoms with Crippen molar-refractivity contribution in [1.82, 2.24) is 10.6 Å². The highest BCUT2D eigenvalue weighted by Gasteiger charge is 2.03. The number of nitrogens with one attached hydrogen (secondary N) is 2. The zero-order valence-corrected chi connectivity index (χ0v) is 20.1. The molecule has 29 heavy (non-hydrogen) atoms. The molecule has 2 aromatic rings. The summed E-state index contributed by atoms with van der Waals surface area (Å²) < 4.78 is 10.9. The molecule has 160 valence electrons. The summed E-state index contributed by atoms with van der Waals surface area (Å²) in [6.45, 7) is 8.22. The Morgan fingerprint density at radius 2 is 1.55 bits per heavy atom. The molecule has 5 nitrogen and oxygen atoms in total. The van der Waals surface area contributed by atoms with Crippen LogP contribution in [0.15, 0.2) is 53.5 Å². The Kier molecular flexibility index (Phi) is 13.3. The second-order valence-electron chi connectivity index (χ2n) is 6.47. The van der Waals surface area contributed by atoms with Crippen LogP contribution in [0, 0.1) is 0 Å². The smallest absolute Gasteiger partial charge is 0.191 e. The molecule has 2 rings (SSSR count). The first-order chi connectivity index (χ1) is 13.8. The summed E-state index contributed by atoms with van der Waals surface area (Å²) in [6.07, 6.45) is 1.03. The topological polar surface area (TPSA) is 54.9 Å². The van der Waals surface area contributed by atoms with Gasteiger partial charge in [-0.3, -0.25) is 4.99 Å². The maximum atomic E-state index is 5.65. The number of hydrogen-bond acceptors (Lipinski definition) is 3. The predicted octanol–water partition coefficient (Wildman–Crippen LogP) is 4.29. The Bertz CT molecular complexity index is 738. The number of hydrogen-bond donors (Lipinski definition) is 2. The molecule has 0 saturated carbocycles. The summed E-state index contributed by atoms with van der Waals surface area (Å²) in [5.41, 5.74) is 5.03. The summed E-state index contributed by atoms with van der Waals surface area (Å²) in [5.74, 6) is 0.796. The van der Waals surface area contributed by atoms with Gasteiger partial charge in [0.05, 0.1) is 19.8 Å². The van der Waals surface area contributed by atoms with Crippen molar-refractivity contribution < 1.29 is 9.47 Å². The maximum absolute atomic E-state index is 5.65. The van der Waals surface area contributed by atoms with Crippen LogP contribution >= 0.6 is 24.0 Å². The van der Waals surface area contributed by atoms with Crippen LogP contribution in [-0.4, -0.2) is 32.8 Å². The number of aliphatic imine (C=N–C) groups is 1. The number of guanidine groups is 1. The third kappa shape index (κ3) is 9.60. The lowest BCUT2D eigenvalue weighted by Crippen LogP contribution is -2.36. The summed E-state index contributed by atoms with van der Waals surface area (Å²) >= 11 is 0. The first-order valence-electron chi connectivity index (χ1n) is 10.0. The molecule has 0 amide bonds. The van der Waals surface area contributed by atoms with E-state index in [1.807, 2.05) is 6.92 Å². The lowest BCUT2D eigenvalue weighted by Gasteiger charge is -2.14. The molecule has 0 aliphatic heterocycles. The fourth-order valence-corrected chi connectivity index (χ4v) is 2.94. The first kappa shape index (κ1) is 25.4. The van der Waals surface area contributed by atoms with Gasteiger partial charge in [-0.1, -0.05) is 55.5 Å². The van der Waals surface area contributed by atoms with E-state index in [0.29, 0.717) is 26.4 Å². The molecule has 0 atom stereocenters. The lowest BCUT2D eigenvalue weighted by atomic mass is 10.1. The highest BCUT2D eigenvalue weighted by atomic mass is 127. The van der Waals surface area contributed by atoms with Crippen LogP contribution in [0.5, 0.6) is 0 Å². The predicted molar refractivity (Wildman–Crippen MR) is 131 cm³/mol. The van der Waals surface area contributed by atoms with Gasteiger partial charge in [0.15, 0.2) is 5.96 Å². The quantitative estimate of drug-likeness (QED) is 0.205. The summed E-state index contributed by atoms with van der Waals surface area (Å²) in [6, 6.07) is 16.9. The van der Waals surface area contributed by atoms with Crippen molar-refractivity contribution in [2.75, 3.05) is 26.9 Å². The molecular weight excluding hydrogens is 477 g/mol. The van der Waals surface area contributed by atoms with Gasteiger partial charge < -0.3 is 20.1 Å². The van der Waals surface area contributed by atoms with E-state index in [2.05, 4.69) is 71.1 Å². The minimum atomic E-state index is 0. The zero-order chi connectivity index (χ0) is 20.0. The Hall–Kier alpha value is -1.64. The summed E-state index contributed by atoms with van der Waals surface area (Å²) in [7, 11) is 1.80. The van der Waals surface area contributed by atoms with Crippen molar-refractivity contribution in [3.63, 3.8) is 0 Å². The molecule has 2 N–H and O–H groups in total. The van der Waals surface area contributed by atoms with E-state index in [1.165, 1.54) is 16.7 Å². The van der Waals surface area contributed by atoms with Gasteiger partial charge >= 0.3 is 0 Å². The molecular formula is C23H34IN3O2. The van der Waals surface area contributed by atoms with Gasteiger partial charge in [-0.2, -0.15) is 0 Å². The van der Waals surface area contributed by atoms with E-state index in [4.69, 9.17) is 9.47 Å². The van der Waals surface area contributed by atoms with Gasteiger partial charge in [-0.05, 0) is 35.6 Å². The fourth-order valence-electron chi connectivity index (χ4n) is 2.94. The molecule has 0 unspecified atom stereocenters. The number of nitrogens with zero attached hydrogens (tertiary/aromatic N) is 1. The third-order valence-electron chi connectivity index (χ3n) is 4.47. The van der Waals surface area contributed by atoms with Gasteiger partial charge in [-0.25, -0.2) is 0 Å². The Morgan fingerprint density at radius 1 is 0.862 bits per heavy atom. The molecule has 0 radical (unpaired) electrons. The Labute approximate surface area is 192 Å². The molecule has 0 spiro atoms. The van der Waals surface area contributed by atoms with Crippen molar-refractivity contribution in [2.24, 2.45) is 4.99 Å². The first-order valence-corrected chi connectivity index (χ1v) is 10.0. The van der Waals surface area contributed by atoms with Gasteiger partial charge in [-0.15, -0.1) is 24.0 Å². The largest absolute Gasteiger partial charge is 0.379 e. The lowest BCUT2D eigenvalue weighted by molar-refractivity contribution is 0.0453. The van der Waals surface area contributed by atoms with Crippen LogP contribution in [0.25, 0.3) is 0 Å². The van der Waals surface area contributed by atoms with Crippen LogP contribution in [0.1, 0.15) is 36.1 Å². The van der Waals surface area contributed by atoms with Crippen LogP contribution in [-0.2, 0) is 35.6 Å². The molecule has 0 aliphatic rings. The van der Waals surface area contributed by atoms with Crippen molar-refractivity contribution in [1.29, 1.82) is 0 Å². The average molecular weight is 511 g/mol. The minimum absolute atomic E-state index is 0. The van der Waals surface area contributed by atoms with E-state index >= 15 is 0 Å². The molecule has 0 bridgehead atoms. The Balaban J connectivity index is 0.00000420. The fraction of sp³-hybridized carbons (Fsp3) is 0.435. The number of ether oxygens (including phenoxy) is 2. The van der Waals surface area contributed by atoms with Crippen LogP contribution in [0.4, 0.5) is 0 Å². The van der Waals surface area contributed by atoms with Crippen LogP contribution in [0.2, 0.25) is 0 Å². The second-order valence-corrected chi connectivity index (χ2v) is 6.47. The molecule has 2 aromatic carbocycles. The molecule has 0 heterocycles. The van der Waals surface area contributed by atoms with Crippen LogP contribution < -0.4 is 10.6 Å². The minimum Gasteiger partial charge on any atom is -0.379 e. The maximum Gasteiger partial charge on any atom is 0.191 e. The second kappa shape index (κ2) is 15.2. The molecule has 0 fully saturated rings. The molecule has 6 heteroatoms. The monoisotopic (exact) mass is 511 g/mol. The van der Waals surface area contributed by atoms with Gasteiger partial charge in [0.1, 0.15) is 0 Å². The highest BCUT2D eigenvalue weighted by molar-refractivity contribution is 14.0. The third-order valence-corrected chi connectivity index (χ3v) is 4.47. The summed E-state index contributed by atoms with van der Waals surface area (Å²) in [5, 5.41) is 6.78. The van der Waals surface area contributed by atoms with E-state index in [-0.39, 0.29) is 24.0 Å². The molecule has 0 saturated heterocycles. The van der Waals surface area contributed by atoms with Crippen molar-refractivity contribution in [3.8, 4) is 0 Å². The zero-order valence-electron chi connectivity index (χ0n) is 17.7. The normalized spacial score (nSPS) is 11.1. The van der Waals surface area contributed by atoms with E-state index in [1.54, 1.807) is 7.05 Å². The van der Waals surface area contributed by atoms with Gasteiger partial charge in [0.25, 0.3) is 0 Å². The van der Waals surface area contributed by atoms with Crippen LogP contribution in [0.3, 0.4) is 0 Å². The SMILES string of the molecule is CCOCCOCc1cccc(CNC(=NC)NCc2ccccc2CC)c1.I. The van der Waals surface area contributed by atoms with E-state index in [0.717, 1.165) is 31.1 Å². The number of rotatable bonds is 11. The average Bonchev–Trinajstić information content (AvgIpc) is 2.74. The Morgan fingerprint density at radius 3 is 2.28 bits per heavy atom. The number of halogens is 1. The van der Waals surface area contributed by atoms with Gasteiger partial charge in [0, 0.05) is 26.7 Å². The van der Waals surface area contributed by atoms with E-state index < -0.39 is 0 Å². The molecule has 0 aliphatic carbocycles. The standard InChI is InChI=1S/C23H33N3O2.HI/c1-4-21-11-6-7-12-22(21)17-26-23(24-3)25-16-19-9-8-10-20(15-19)18-28-14-13-27-5-2;/h6-12,15H,4-5,13-14,16-18H2,1-3H3,(H2,24,25,26);1H. The highest BCUT2D eigenvalue weighted by Crippen LogP contribution is 2.09. The molecule has 0 aromatic heterocycles. The number of aryl methyl sites for hydroxylation is 1. The summed E-state index contributed by atoms with van der Waals surface area (Å²) in [4.78, 5) is 4.33.